The maximum Gasteiger partial charge on any atom is 0.435 e. The van der Waals surface area contributed by atoms with E-state index >= 15 is 0 Å². The van der Waals surface area contributed by atoms with Crippen LogP contribution < -0.4 is 10.0 Å². The monoisotopic (exact) mass is 480 g/mol. The average Bonchev–Trinajstić information content (AvgIpc) is 3.13. The minimum Gasteiger partial charge on any atom is -0.337 e. The SMILES string of the molecule is CCCCNC(=O)NS(=O)(=O)/C=C/c1c(C)nn(C)c1Sc1cc(C(F)(F)F)nn1C. The highest BCUT2D eigenvalue weighted by atomic mass is 32.2. The second-order valence-corrected chi connectivity index (χ2v) is 9.15. The fourth-order valence-corrected chi connectivity index (χ4v) is 4.24. The highest BCUT2D eigenvalue weighted by Gasteiger charge is 2.35. The number of carbonyl (C=O) groups is 1. The van der Waals surface area contributed by atoms with Gasteiger partial charge in [0.15, 0.2) is 5.69 Å². The van der Waals surface area contributed by atoms with E-state index < -0.39 is 27.9 Å². The van der Waals surface area contributed by atoms with Gasteiger partial charge in [0.1, 0.15) is 10.1 Å². The normalized spacial score (nSPS) is 12.5. The second kappa shape index (κ2) is 9.77. The number of hydrogen-bond acceptors (Lipinski definition) is 6. The second-order valence-electron chi connectivity index (χ2n) is 6.58. The van der Waals surface area contributed by atoms with E-state index in [1.165, 1.54) is 17.8 Å². The number of aromatic nitrogens is 4. The van der Waals surface area contributed by atoms with E-state index in [0.717, 1.165) is 34.3 Å². The van der Waals surface area contributed by atoms with Gasteiger partial charge in [-0.15, -0.1) is 0 Å². The molecule has 9 nitrogen and oxygen atoms in total. The van der Waals surface area contributed by atoms with Gasteiger partial charge in [0, 0.05) is 32.3 Å². The maximum atomic E-state index is 12.9. The number of carbonyl (C=O) groups excluding carboxylic acids is 1. The van der Waals surface area contributed by atoms with Gasteiger partial charge in [-0.25, -0.2) is 17.9 Å². The third-order valence-corrected chi connectivity index (χ3v) is 6.24. The molecule has 0 saturated carbocycles. The van der Waals surface area contributed by atoms with Crippen molar-refractivity contribution in [2.45, 2.75) is 42.9 Å². The standard InChI is InChI=1S/C17H23F3N6O3S2/c1-5-6-8-21-16(27)24-31(28,29)9-7-12-11(2)22-26(4)15(12)30-14-10-13(17(18,19)20)23-25(14)3/h7,9-10H,5-6,8H2,1-4H3,(H2,21,24,27)/b9-7+. The number of halogens is 3. The first kappa shape index (κ1) is 24.8. The molecular weight excluding hydrogens is 457 g/mol. The molecule has 0 aromatic carbocycles. The van der Waals surface area contributed by atoms with E-state index in [1.807, 2.05) is 11.6 Å². The van der Waals surface area contributed by atoms with E-state index in [9.17, 15) is 26.4 Å². The lowest BCUT2D eigenvalue weighted by molar-refractivity contribution is -0.141. The first-order chi connectivity index (χ1) is 14.3. The van der Waals surface area contributed by atoms with Crippen molar-refractivity contribution < 1.29 is 26.4 Å². The van der Waals surface area contributed by atoms with Gasteiger partial charge in [0.25, 0.3) is 10.0 Å². The minimum atomic E-state index is -4.58. The van der Waals surface area contributed by atoms with Gasteiger partial charge in [-0.1, -0.05) is 25.1 Å². The Morgan fingerprint density at radius 1 is 1.26 bits per heavy atom. The molecule has 2 amide bonds. The predicted octanol–water partition coefficient (Wildman–Crippen LogP) is 3.03. The summed E-state index contributed by atoms with van der Waals surface area (Å²) in [4.78, 5) is 11.7. The molecule has 2 N–H and O–H groups in total. The van der Waals surface area contributed by atoms with Crippen molar-refractivity contribution in [3.8, 4) is 0 Å². The number of nitrogens with one attached hydrogen (secondary N) is 2. The lowest BCUT2D eigenvalue weighted by Gasteiger charge is -2.06. The Morgan fingerprint density at radius 2 is 1.94 bits per heavy atom. The molecule has 0 aliphatic rings. The van der Waals surface area contributed by atoms with Gasteiger partial charge in [0.2, 0.25) is 0 Å². The summed E-state index contributed by atoms with van der Waals surface area (Å²) in [5.41, 5.74) is -0.185. The average molecular weight is 481 g/mol. The van der Waals surface area contributed by atoms with Crippen molar-refractivity contribution in [3.63, 3.8) is 0 Å². The molecule has 31 heavy (non-hydrogen) atoms. The van der Waals surface area contributed by atoms with Crippen LogP contribution in [0.1, 0.15) is 36.7 Å². The first-order valence-electron chi connectivity index (χ1n) is 9.15. The fourth-order valence-electron chi connectivity index (χ4n) is 2.49. The Labute approximate surface area is 182 Å². The summed E-state index contributed by atoms with van der Waals surface area (Å²) >= 11 is 0.958. The van der Waals surface area contributed by atoms with Gasteiger partial charge in [-0.3, -0.25) is 9.36 Å². The number of unbranched alkanes of at least 4 members (excludes halogenated alkanes) is 1. The number of aryl methyl sites for hydroxylation is 3. The van der Waals surface area contributed by atoms with Gasteiger partial charge in [-0.2, -0.15) is 23.4 Å². The number of urea groups is 1. The molecule has 172 valence electrons. The Balaban J connectivity index is 2.24. The van der Waals surface area contributed by atoms with E-state index in [4.69, 9.17) is 0 Å². The minimum absolute atomic E-state index is 0.196. The van der Waals surface area contributed by atoms with Crippen molar-refractivity contribution >= 4 is 33.9 Å². The van der Waals surface area contributed by atoms with Crippen LogP contribution in [-0.2, 0) is 30.3 Å². The molecule has 2 heterocycles. The summed E-state index contributed by atoms with van der Waals surface area (Å²) in [5, 5.41) is 11.5. The van der Waals surface area contributed by atoms with Crippen LogP contribution >= 0.6 is 11.8 Å². The topological polar surface area (TPSA) is 111 Å². The third-order valence-electron chi connectivity index (χ3n) is 4.01. The van der Waals surface area contributed by atoms with E-state index in [2.05, 4.69) is 15.5 Å². The number of sulfonamides is 1. The van der Waals surface area contributed by atoms with Gasteiger partial charge in [0.05, 0.1) is 11.1 Å². The van der Waals surface area contributed by atoms with Crippen molar-refractivity contribution in [1.82, 2.24) is 29.6 Å². The van der Waals surface area contributed by atoms with Crippen molar-refractivity contribution in [2.75, 3.05) is 6.54 Å². The zero-order valence-corrected chi connectivity index (χ0v) is 19.0. The summed E-state index contributed by atoms with van der Waals surface area (Å²) in [6, 6.07) is 0.0598. The summed E-state index contributed by atoms with van der Waals surface area (Å²) < 4.78 is 67.5. The molecule has 2 rings (SSSR count). The molecule has 0 saturated heterocycles. The largest absolute Gasteiger partial charge is 0.435 e. The van der Waals surface area contributed by atoms with Crippen molar-refractivity contribution in [1.29, 1.82) is 0 Å². The molecular formula is C17H23F3N6O3S2. The Morgan fingerprint density at radius 3 is 2.52 bits per heavy atom. The molecule has 0 atom stereocenters. The fraction of sp³-hybridized carbons (Fsp3) is 0.471. The summed E-state index contributed by atoms with van der Waals surface area (Å²) in [7, 11) is -1.13. The van der Waals surface area contributed by atoms with Gasteiger partial charge >= 0.3 is 12.2 Å². The van der Waals surface area contributed by atoms with Gasteiger partial charge < -0.3 is 5.32 Å². The van der Waals surface area contributed by atoms with E-state index in [1.54, 1.807) is 14.0 Å². The van der Waals surface area contributed by atoms with Crippen LogP contribution in [0.2, 0.25) is 0 Å². The van der Waals surface area contributed by atoms with E-state index in [-0.39, 0.29) is 5.03 Å². The molecule has 0 aliphatic heterocycles. The molecule has 0 bridgehead atoms. The highest BCUT2D eigenvalue weighted by molar-refractivity contribution is 7.99. The molecule has 2 aromatic heterocycles. The van der Waals surface area contributed by atoms with Gasteiger partial charge in [-0.05, 0) is 19.4 Å². The zero-order valence-electron chi connectivity index (χ0n) is 17.3. The molecule has 2 aromatic rings. The smallest absolute Gasteiger partial charge is 0.337 e. The Kier molecular flexibility index (Phi) is 7.81. The van der Waals surface area contributed by atoms with Crippen LogP contribution in [0, 0.1) is 6.92 Å². The van der Waals surface area contributed by atoms with Crippen LogP contribution in [0.4, 0.5) is 18.0 Å². The molecule has 0 aliphatic carbocycles. The number of nitrogens with zero attached hydrogens (tertiary/aromatic N) is 4. The number of amides is 2. The lowest BCUT2D eigenvalue weighted by Crippen LogP contribution is -2.38. The lowest BCUT2D eigenvalue weighted by atomic mass is 10.3. The Hall–Kier alpha value is -2.48. The quantitative estimate of drug-likeness (QED) is 0.562. The number of alkyl halides is 3. The molecule has 0 fully saturated rings. The third kappa shape index (κ3) is 6.75. The summed E-state index contributed by atoms with van der Waals surface area (Å²) in [6.07, 6.45) is -1.79. The van der Waals surface area contributed by atoms with Crippen LogP contribution in [0.25, 0.3) is 6.08 Å². The highest BCUT2D eigenvalue weighted by Crippen LogP contribution is 2.36. The van der Waals surface area contributed by atoms with E-state index in [0.29, 0.717) is 29.2 Å². The molecule has 0 spiro atoms. The van der Waals surface area contributed by atoms with Crippen molar-refractivity contribution in [3.05, 3.63) is 28.4 Å². The molecule has 0 unspecified atom stereocenters. The van der Waals surface area contributed by atoms with Crippen LogP contribution in [0.15, 0.2) is 21.5 Å². The number of rotatable bonds is 8. The van der Waals surface area contributed by atoms with Crippen LogP contribution in [0.5, 0.6) is 0 Å². The maximum absolute atomic E-state index is 12.9. The first-order valence-corrected chi connectivity index (χ1v) is 11.5. The predicted molar refractivity (Wildman–Crippen MR) is 110 cm³/mol. The number of hydrogen-bond donors (Lipinski definition) is 2. The van der Waals surface area contributed by atoms with Crippen LogP contribution in [0.3, 0.4) is 0 Å². The summed E-state index contributed by atoms with van der Waals surface area (Å²) in [6.45, 7) is 3.90. The Bertz CT molecular complexity index is 1070. The van der Waals surface area contributed by atoms with Crippen LogP contribution in [-0.4, -0.2) is 40.6 Å². The molecule has 14 heteroatoms. The summed E-state index contributed by atoms with van der Waals surface area (Å²) in [5.74, 6) is 0. The van der Waals surface area contributed by atoms with Crippen molar-refractivity contribution in [2.24, 2.45) is 14.1 Å². The molecule has 0 radical (unpaired) electrons. The zero-order chi connectivity index (χ0) is 23.4.